The summed E-state index contributed by atoms with van der Waals surface area (Å²) in [6.07, 6.45) is 0.335. The SMILES string of the molecule is CN(C)C(=O)c1ccc2c(c1)N(C)C(CC(=O)NCCC(N)=O)CO2. The van der Waals surface area contributed by atoms with Crippen molar-refractivity contribution in [2.45, 2.75) is 18.9 Å². The number of hydrogen-bond acceptors (Lipinski definition) is 5. The lowest BCUT2D eigenvalue weighted by Gasteiger charge is -2.35. The zero-order chi connectivity index (χ0) is 18.6. The molecule has 0 aliphatic carbocycles. The van der Waals surface area contributed by atoms with Crippen molar-refractivity contribution in [2.75, 3.05) is 39.2 Å². The van der Waals surface area contributed by atoms with Crippen LogP contribution >= 0.6 is 0 Å². The van der Waals surface area contributed by atoms with E-state index in [0.29, 0.717) is 17.9 Å². The van der Waals surface area contributed by atoms with Gasteiger partial charge in [-0.2, -0.15) is 0 Å². The van der Waals surface area contributed by atoms with Crippen molar-refractivity contribution >= 4 is 23.4 Å². The number of fused-ring (bicyclic) bond motifs is 1. The molecule has 136 valence electrons. The predicted molar refractivity (Wildman–Crippen MR) is 93.6 cm³/mol. The number of likely N-dealkylation sites (N-methyl/N-ethyl adjacent to an activating group) is 1. The number of carbonyl (C=O) groups excluding carboxylic acids is 3. The second kappa shape index (κ2) is 7.87. The number of carbonyl (C=O) groups is 3. The van der Waals surface area contributed by atoms with Crippen LogP contribution in [0.3, 0.4) is 0 Å². The molecule has 8 nitrogen and oxygen atoms in total. The average molecular weight is 348 g/mol. The third-order valence-electron chi connectivity index (χ3n) is 4.09. The quantitative estimate of drug-likeness (QED) is 0.751. The van der Waals surface area contributed by atoms with Crippen LogP contribution in [0.25, 0.3) is 0 Å². The van der Waals surface area contributed by atoms with Gasteiger partial charge in [0.1, 0.15) is 12.4 Å². The Hall–Kier alpha value is -2.77. The van der Waals surface area contributed by atoms with Crippen LogP contribution in [0.15, 0.2) is 18.2 Å². The highest BCUT2D eigenvalue weighted by Crippen LogP contribution is 2.34. The lowest BCUT2D eigenvalue weighted by atomic mass is 10.1. The van der Waals surface area contributed by atoms with E-state index >= 15 is 0 Å². The van der Waals surface area contributed by atoms with Gasteiger partial charge in [0.25, 0.3) is 5.91 Å². The number of hydrogen-bond donors (Lipinski definition) is 2. The van der Waals surface area contributed by atoms with Crippen LogP contribution in [-0.2, 0) is 9.59 Å². The molecule has 1 aromatic rings. The van der Waals surface area contributed by atoms with Crippen molar-refractivity contribution in [1.29, 1.82) is 0 Å². The lowest BCUT2D eigenvalue weighted by molar-refractivity contribution is -0.122. The van der Waals surface area contributed by atoms with E-state index in [2.05, 4.69) is 5.32 Å². The Bertz CT molecular complexity index is 675. The Morgan fingerprint density at radius 2 is 2.08 bits per heavy atom. The standard InChI is InChI=1S/C17H24N4O4/c1-20(2)17(24)11-4-5-14-13(8-11)21(3)12(10-25-14)9-16(23)19-7-6-15(18)22/h4-5,8,12H,6-7,9-10H2,1-3H3,(H2,18,22)(H,19,23). The number of rotatable bonds is 6. The minimum Gasteiger partial charge on any atom is -0.489 e. The van der Waals surface area contributed by atoms with Gasteiger partial charge in [0.15, 0.2) is 0 Å². The highest BCUT2D eigenvalue weighted by atomic mass is 16.5. The van der Waals surface area contributed by atoms with Gasteiger partial charge in [-0.25, -0.2) is 0 Å². The van der Waals surface area contributed by atoms with Crippen molar-refractivity contribution in [3.63, 3.8) is 0 Å². The molecular formula is C17H24N4O4. The zero-order valence-corrected chi connectivity index (χ0v) is 14.7. The molecule has 8 heteroatoms. The lowest BCUT2D eigenvalue weighted by Crippen LogP contribution is -2.44. The molecule has 25 heavy (non-hydrogen) atoms. The van der Waals surface area contributed by atoms with Crippen LogP contribution < -0.4 is 20.7 Å². The van der Waals surface area contributed by atoms with Crippen LogP contribution in [0.1, 0.15) is 23.2 Å². The van der Waals surface area contributed by atoms with E-state index < -0.39 is 5.91 Å². The van der Waals surface area contributed by atoms with Crippen molar-refractivity contribution in [2.24, 2.45) is 5.73 Å². The van der Waals surface area contributed by atoms with Gasteiger partial charge in [-0.05, 0) is 18.2 Å². The number of benzene rings is 1. The minimum atomic E-state index is -0.453. The van der Waals surface area contributed by atoms with Gasteiger partial charge in [0, 0.05) is 39.7 Å². The summed E-state index contributed by atoms with van der Waals surface area (Å²) in [6, 6.07) is 5.11. The second-order valence-corrected chi connectivity index (χ2v) is 6.23. The normalized spacial score (nSPS) is 15.8. The number of nitrogens with zero attached hydrogens (tertiary/aromatic N) is 2. The van der Waals surface area contributed by atoms with E-state index in [1.807, 2.05) is 11.9 Å². The second-order valence-electron chi connectivity index (χ2n) is 6.23. The summed E-state index contributed by atoms with van der Waals surface area (Å²) in [4.78, 5) is 38.3. The third kappa shape index (κ3) is 4.62. The number of amides is 3. The third-order valence-corrected chi connectivity index (χ3v) is 4.09. The van der Waals surface area contributed by atoms with Crippen LogP contribution in [0.2, 0.25) is 0 Å². The molecule has 2 rings (SSSR count). The first-order valence-corrected chi connectivity index (χ1v) is 8.06. The monoisotopic (exact) mass is 348 g/mol. The molecule has 0 radical (unpaired) electrons. The van der Waals surface area contributed by atoms with Gasteiger partial charge in [-0.1, -0.05) is 0 Å². The first-order chi connectivity index (χ1) is 11.8. The topological polar surface area (TPSA) is 105 Å². The molecule has 0 saturated heterocycles. The van der Waals surface area contributed by atoms with Crippen molar-refractivity contribution in [3.8, 4) is 5.75 Å². The van der Waals surface area contributed by atoms with E-state index in [1.165, 1.54) is 4.90 Å². The van der Waals surface area contributed by atoms with Crippen LogP contribution in [0.4, 0.5) is 5.69 Å². The number of ether oxygens (including phenoxy) is 1. The zero-order valence-electron chi connectivity index (χ0n) is 14.7. The van der Waals surface area contributed by atoms with Crippen LogP contribution in [-0.4, -0.2) is 63.0 Å². The van der Waals surface area contributed by atoms with Gasteiger partial charge in [0.05, 0.1) is 18.2 Å². The summed E-state index contributed by atoms with van der Waals surface area (Å²) in [7, 11) is 5.26. The highest BCUT2D eigenvalue weighted by molar-refractivity contribution is 5.95. The molecule has 3 N–H and O–H groups in total. The van der Waals surface area contributed by atoms with E-state index in [1.54, 1.807) is 32.3 Å². The molecule has 1 heterocycles. The van der Waals surface area contributed by atoms with Gasteiger partial charge < -0.3 is 25.6 Å². The Labute approximate surface area is 146 Å². The minimum absolute atomic E-state index is 0.0949. The first kappa shape index (κ1) is 18.6. The Morgan fingerprint density at radius 3 is 2.72 bits per heavy atom. The van der Waals surface area contributed by atoms with Crippen LogP contribution in [0.5, 0.6) is 5.75 Å². The summed E-state index contributed by atoms with van der Waals surface area (Å²) in [5, 5.41) is 2.67. The average Bonchev–Trinajstić information content (AvgIpc) is 2.56. The van der Waals surface area contributed by atoms with Gasteiger partial charge in [-0.3, -0.25) is 14.4 Å². The maximum Gasteiger partial charge on any atom is 0.253 e. The smallest absolute Gasteiger partial charge is 0.253 e. The van der Waals surface area contributed by atoms with Crippen LogP contribution in [0, 0.1) is 0 Å². The number of nitrogens with one attached hydrogen (secondary N) is 1. The summed E-state index contributed by atoms with van der Waals surface area (Å²) in [5.41, 5.74) is 6.38. The highest BCUT2D eigenvalue weighted by Gasteiger charge is 2.27. The summed E-state index contributed by atoms with van der Waals surface area (Å²) < 4.78 is 5.72. The van der Waals surface area contributed by atoms with Gasteiger partial charge in [-0.15, -0.1) is 0 Å². The van der Waals surface area contributed by atoms with E-state index in [0.717, 1.165) is 5.69 Å². The fourth-order valence-corrected chi connectivity index (χ4v) is 2.61. The Kier molecular flexibility index (Phi) is 5.84. The summed E-state index contributed by atoms with van der Waals surface area (Å²) >= 11 is 0. The van der Waals surface area contributed by atoms with Crippen molar-refractivity contribution < 1.29 is 19.1 Å². The van der Waals surface area contributed by atoms with E-state index in [9.17, 15) is 14.4 Å². The summed E-state index contributed by atoms with van der Waals surface area (Å²) in [6.45, 7) is 0.594. The molecule has 0 fully saturated rings. The van der Waals surface area contributed by atoms with E-state index in [-0.39, 0.29) is 37.2 Å². The maximum absolute atomic E-state index is 12.1. The number of anilines is 1. The molecule has 1 aliphatic heterocycles. The fraction of sp³-hybridized carbons (Fsp3) is 0.471. The van der Waals surface area contributed by atoms with Crippen molar-refractivity contribution in [1.82, 2.24) is 10.2 Å². The molecule has 0 spiro atoms. The molecule has 1 aliphatic rings. The maximum atomic E-state index is 12.1. The fourth-order valence-electron chi connectivity index (χ4n) is 2.61. The van der Waals surface area contributed by atoms with E-state index in [4.69, 9.17) is 10.5 Å². The molecule has 1 atom stereocenters. The Morgan fingerprint density at radius 1 is 1.36 bits per heavy atom. The Balaban J connectivity index is 2.05. The van der Waals surface area contributed by atoms with Crippen molar-refractivity contribution in [3.05, 3.63) is 23.8 Å². The molecule has 0 aromatic heterocycles. The first-order valence-electron chi connectivity index (χ1n) is 8.06. The number of primary amides is 1. The molecule has 1 unspecified atom stereocenters. The van der Waals surface area contributed by atoms with Gasteiger partial charge >= 0.3 is 0 Å². The largest absolute Gasteiger partial charge is 0.489 e. The molecule has 0 bridgehead atoms. The predicted octanol–water partition coefficient (Wildman–Crippen LogP) is -0.0327. The number of nitrogens with two attached hydrogens (primary N) is 1. The molecule has 0 saturated carbocycles. The molecular weight excluding hydrogens is 324 g/mol. The summed E-state index contributed by atoms with van der Waals surface area (Å²) in [5.74, 6) is -0.0400. The molecule has 3 amide bonds. The van der Waals surface area contributed by atoms with Gasteiger partial charge in [0.2, 0.25) is 11.8 Å². The molecule has 1 aromatic carbocycles.